The van der Waals surface area contributed by atoms with Crippen LogP contribution in [0.25, 0.3) is 0 Å². The first-order chi connectivity index (χ1) is 19.5. The van der Waals surface area contributed by atoms with Gasteiger partial charge >= 0.3 is 12.1 Å². The summed E-state index contributed by atoms with van der Waals surface area (Å²) in [5, 5.41) is 20.4. The number of halogens is 3. The Hall–Kier alpha value is -3.23. The summed E-state index contributed by atoms with van der Waals surface area (Å²) in [4.78, 5) is 13.3. The molecule has 4 aliphatic heterocycles. The second-order valence-electron chi connectivity index (χ2n) is 11.3. The Labute approximate surface area is 234 Å². The second-order valence-corrected chi connectivity index (χ2v) is 11.3. The summed E-state index contributed by atoms with van der Waals surface area (Å²) in [5.41, 5.74) is 1.16. The molecule has 0 spiro atoms. The van der Waals surface area contributed by atoms with Gasteiger partial charge in [-0.15, -0.1) is 10.2 Å². The molecule has 0 amide bonds. The number of carboxylic acid groups (broad SMARTS) is 1. The number of benzene rings is 1. The van der Waals surface area contributed by atoms with E-state index in [1.165, 1.54) is 0 Å². The van der Waals surface area contributed by atoms with Gasteiger partial charge in [0.2, 0.25) is 0 Å². The van der Waals surface area contributed by atoms with Crippen LogP contribution in [0.2, 0.25) is 0 Å². The number of rotatable bonds is 6. The number of amidine groups is 1. The largest absolute Gasteiger partial charge is 0.491 e. The standard InChI is InChI=1S/C27H32F3N5O6/c1-26(2)40-23-18(13-22(36)37)39-19(24(23)41-26)14-38-17-5-3-15(4-6-17)16-9-11-34(12-10-16)21-8-7-20-31-32-25(27(28,29)30)35(20)33-21/h3-6,16,18-19,23-24H,7-14H2,1-2H3,(H,36,37)/t18?,19-,23+,24-/m1/s1. The van der Waals surface area contributed by atoms with E-state index in [-0.39, 0.29) is 18.9 Å². The van der Waals surface area contributed by atoms with Crippen LogP contribution >= 0.6 is 0 Å². The van der Waals surface area contributed by atoms with Gasteiger partial charge in [-0.25, -0.2) is 0 Å². The zero-order valence-corrected chi connectivity index (χ0v) is 22.7. The molecule has 1 unspecified atom stereocenters. The number of hydrogen-bond acceptors (Lipinski definition) is 9. The normalized spacial score (nSPS) is 27.8. The summed E-state index contributed by atoms with van der Waals surface area (Å²) in [6, 6.07) is 7.85. The Bertz CT molecular complexity index is 1310. The fourth-order valence-electron chi connectivity index (χ4n) is 6.09. The van der Waals surface area contributed by atoms with Crippen molar-refractivity contribution in [2.45, 2.75) is 88.2 Å². The minimum atomic E-state index is -4.61. The van der Waals surface area contributed by atoms with Gasteiger partial charge in [-0.05, 0) is 50.3 Å². The van der Waals surface area contributed by atoms with Crippen LogP contribution < -0.4 is 4.74 Å². The van der Waals surface area contributed by atoms with Crippen molar-refractivity contribution in [3.05, 3.63) is 41.5 Å². The lowest BCUT2D eigenvalue weighted by molar-refractivity contribution is -0.191. The lowest BCUT2D eigenvalue weighted by Crippen LogP contribution is -2.40. The van der Waals surface area contributed by atoms with Crippen molar-refractivity contribution in [3.63, 3.8) is 0 Å². The van der Waals surface area contributed by atoms with Gasteiger partial charge in [-0.1, -0.05) is 12.1 Å². The van der Waals surface area contributed by atoms with Crippen LogP contribution in [0.3, 0.4) is 0 Å². The van der Waals surface area contributed by atoms with Crippen molar-refractivity contribution in [2.75, 3.05) is 19.7 Å². The molecule has 3 fully saturated rings. The van der Waals surface area contributed by atoms with Crippen molar-refractivity contribution in [1.82, 2.24) is 19.8 Å². The first kappa shape index (κ1) is 27.9. The molecule has 1 aromatic heterocycles. The summed E-state index contributed by atoms with van der Waals surface area (Å²) < 4.78 is 64.4. The third-order valence-electron chi connectivity index (χ3n) is 7.99. The van der Waals surface area contributed by atoms with Gasteiger partial charge in [0.05, 0.1) is 12.5 Å². The first-order valence-corrected chi connectivity index (χ1v) is 13.8. The molecule has 1 aromatic carbocycles. The number of carboxylic acids is 1. The molecule has 1 N–H and O–H groups in total. The second kappa shape index (κ2) is 10.6. The minimum Gasteiger partial charge on any atom is -0.491 e. The Balaban J connectivity index is 1.03. The van der Waals surface area contributed by atoms with Crippen molar-refractivity contribution in [3.8, 4) is 5.75 Å². The fourth-order valence-corrected chi connectivity index (χ4v) is 6.09. The van der Waals surface area contributed by atoms with Crippen LogP contribution in [0.4, 0.5) is 13.2 Å². The summed E-state index contributed by atoms with van der Waals surface area (Å²) in [6.45, 7) is 5.17. The van der Waals surface area contributed by atoms with Gasteiger partial charge in [-0.2, -0.15) is 22.9 Å². The molecule has 0 saturated carbocycles. The van der Waals surface area contributed by atoms with E-state index in [0.717, 1.165) is 23.1 Å². The van der Waals surface area contributed by atoms with Crippen molar-refractivity contribution in [2.24, 2.45) is 5.10 Å². The number of piperidine rings is 1. The van der Waals surface area contributed by atoms with Gasteiger partial charge in [0.25, 0.3) is 5.82 Å². The number of alkyl halides is 3. The number of likely N-dealkylation sites (tertiary alicyclic amines) is 1. The third kappa shape index (κ3) is 5.77. The van der Waals surface area contributed by atoms with E-state index in [0.29, 0.717) is 43.4 Å². The quantitative estimate of drug-likeness (QED) is 0.549. The van der Waals surface area contributed by atoms with E-state index in [1.54, 1.807) is 13.8 Å². The van der Waals surface area contributed by atoms with Gasteiger partial charge in [0.1, 0.15) is 36.5 Å². The third-order valence-corrected chi connectivity index (χ3v) is 7.99. The predicted octanol–water partition coefficient (Wildman–Crippen LogP) is 3.43. The molecule has 0 bridgehead atoms. The predicted molar refractivity (Wildman–Crippen MR) is 136 cm³/mol. The zero-order valence-electron chi connectivity index (χ0n) is 22.7. The maximum absolute atomic E-state index is 13.3. The van der Waals surface area contributed by atoms with E-state index in [9.17, 15) is 23.1 Å². The fraction of sp³-hybridized carbons (Fsp3) is 0.630. The van der Waals surface area contributed by atoms with Crippen LogP contribution in [0.1, 0.15) is 62.7 Å². The number of aromatic nitrogens is 3. The van der Waals surface area contributed by atoms with E-state index in [4.69, 9.17) is 18.9 Å². The summed E-state index contributed by atoms with van der Waals surface area (Å²) in [5.74, 6) is -1.04. The van der Waals surface area contributed by atoms with E-state index < -0.39 is 48.2 Å². The number of hydrogen-bond donors (Lipinski definition) is 1. The van der Waals surface area contributed by atoms with Crippen molar-refractivity contribution in [1.29, 1.82) is 0 Å². The Morgan fingerprint density at radius 2 is 1.76 bits per heavy atom. The highest BCUT2D eigenvalue weighted by atomic mass is 19.4. The molecule has 4 aliphatic rings. The summed E-state index contributed by atoms with van der Waals surface area (Å²) in [7, 11) is 0. The summed E-state index contributed by atoms with van der Waals surface area (Å²) in [6.07, 6.45) is -4.13. The number of aryl methyl sites for hydroxylation is 1. The first-order valence-electron chi connectivity index (χ1n) is 13.8. The smallest absolute Gasteiger partial charge is 0.453 e. The molecule has 222 valence electrons. The number of ether oxygens (including phenoxy) is 4. The zero-order chi connectivity index (χ0) is 28.9. The molecule has 6 rings (SSSR count). The molecule has 11 nitrogen and oxygen atoms in total. The molecule has 5 heterocycles. The highest BCUT2D eigenvalue weighted by Gasteiger charge is 2.55. The Kier molecular flexibility index (Phi) is 7.19. The maximum Gasteiger partial charge on any atom is 0.453 e. The van der Waals surface area contributed by atoms with Gasteiger partial charge in [0, 0.05) is 25.9 Å². The average molecular weight is 580 g/mol. The minimum absolute atomic E-state index is 0.172. The molecule has 14 heteroatoms. The van der Waals surface area contributed by atoms with Crippen LogP contribution in [0, 0.1) is 0 Å². The molecule has 4 atom stereocenters. The molecule has 2 aromatic rings. The monoisotopic (exact) mass is 579 g/mol. The lowest BCUT2D eigenvalue weighted by Gasteiger charge is -2.35. The molecule has 0 aliphatic carbocycles. The van der Waals surface area contributed by atoms with E-state index in [1.807, 2.05) is 24.3 Å². The Morgan fingerprint density at radius 3 is 2.41 bits per heavy atom. The van der Waals surface area contributed by atoms with Crippen LogP contribution in [-0.2, 0) is 31.6 Å². The Morgan fingerprint density at radius 1 is 1.07 bits per heavy atom. The highest BCUT2D eigenvalue weighted by molar-refractivity contribution is 5.83. The lowest BCUT2D eigenvalue weighted by atomic mass is 9.89. The molecule has 3 saturated heterocycles. The maximum atomic E-state index is 13.3. The van der Waals surface area contributed by atoms with Gasteiger partial charge in [0.15, 0.2) is 11.6 Å². The van der Waals surface area contributed by atoms with E-state index >= 15 is 0 Å². The van der Waals surface area contributed by atoms with Crippen LogP contribution in [-0.4, -0.2) is 86.6 Å². The topological polar surface area (TPSA) is 121 Å². The van der Waals surface area contributed by atoms with Crippen LogP contribution in [0.15, 0.2) is 29.4 Å². The van der Waals surface area contributed by atoms with Gasteiger partial charge in [-0.3, -0.25) is 4.79 Å². The van der Waals surface area contributed by atoms with Crippen molar-refractivity contribution < 1.29 is 42.0 Å². The number of aliphatic carboxylic acids is 1. The van der Waals surface area contributed by atoms with Crippen molar-refractivity contribution >= 4 is 11.8 Å². The van der Waals surface area contributed by atoms with E-state index in [2.05, 4.69) is 20.2 Å². The van der Waals surface area contributed by atoms with Gasteiger partial charge < -0.3 is 29.0 Å². The number of carbonyl (C=O) groups is 1. The number of nitrogens with zero attached hydrogens (tertiary/aromatic N) is 5. The van der Waals surface area contributed by atoms with Crippen LogP contribution in [0.5, 0.6) is 5.75 Å². The molecular weight excluding hydrogens is 547 g/mol. The SMILES string of the molecule is CC1(C)O[C@@H]2[C@@H](COc3ccc(C4CCN(C5=Nn6c(nnc6C(F)(F)F)CC5)CC4)cc3)OC(CC(=O)O)[C@@H]2O1. The number of fused-ring (bicyclic) bond motifs is 2. The molecular formula is C27H32F3N5O6. The molecule has 41 heavy (non-hydrogen) atoms. The molecule has 0 radical (unpaired) electrons. The highest BCUT2D eigenvalue weighted by Crippen LogP contribution is 2.40. The summed E-state index contributed by atoms with van der Waals surface area (Å²) >= 11 is 0. The average Bonchev–Trinajstić information content (AvgIpc) is 3.58.